The highest BCUT2D eigenvalue weighted by Crippen LogP contribution is 2.38. The first-order valence-corrected chi connectivity index (χ1v) is 6.41. The van der Waals surface area contributed by atoms with E-state index in [1.807, 2.05) is 41.3 Å². The molecule has 1 amide bonds. The monoisotopic (exact) mass is 256 g/mol. The predicted octanol–water partition coefficient (Wildman–Crippen LogP) is 1.78. The Hall–Kier alpha value is -2.07. The second-order valence-corrected chi connectivity index (χ2v) is 4.56. The standard InChI is InChI=1S/C15H16N2O2/c1-16-10-14(18)17-8-9-19-13-7-6-11-4-2-3-5-12(11)15(13)17/h2-7,16H,8-10H2,1H3. The second-order valence-electron chi connectivity index (χ2n) is 4.56. The molecule has 3 rings (SSSR count). The molecule has 4 heteroatoms. The average Bonchev–Trinajstić information content (AvgIpc) is 2.46. The summed E-state index contributed by atoms with van der Waals surface area (Å²) >= 11 is 0. The summed E-state index contributed by atoms with van der Waals surface area (Å²) in [5.74, 6) is 0.859. The second kappa shape index (κ2) is 4.90. The molecular weight excluding hydrogens is 240 g/mol. The van der Waals surface area contributed by atoms with Gasteiger partial charge in [-0.3, -0.25) is 4.79 Å². The van der Waals surface area contributed by atoms with E-state index in [1.54, 1.807) is 7.05 Å². The molecule has 0 atom stereocenters. The normalized spacial score (nSPS) is 14.1. The molecule has 2 aromatic rings. The molecule has 2 aromatic carbocycles. The van der Waals surface area contributed by atoms with E-state index < -0.39 is 0 Å². The van der Waals surface area contributed by atoms with Gasteiger partial charge in [-0.1, -0.05) is 30.3 Å². The van der Waals surface area contributed by atoms with Crippen molar-refractivity contribution >= 4 is 22.4 Å². The summed E-state index contributed by atoms with van der Waals surface area (Å²) < 4.78 is 5.68. The van der Waals surface area contributed by atoms with Crippen molar-refractivity contribution in [3.63, 3.8) is 0 Å². The van der Waals surface area contributed by atoms with Crippen LogP contribution in [0, 0.1) is 0 Å². The molecule has 1 aliphatic rings. The Morgan fingerprint density at radius 1 is 1.32 bits per heavy atom. The maximum atomic E-state index is 12.2. The van der Waals surface area contributed by atoms with E-state index in [2.05, 4.69) is 5.32 Å². The number of nitrogens with one attached hydrogen (secondary N) is 1. The smallest absolute Gasteiger partial charge is 0.241 e. The minimum absolute atomic E-state index is 0.0726. The van der Waals surface area contributed by atoms with Gasteiger partial charge in [0.15, 0.2) is 0 Å². The number of carbonyl (C=O) groups is 1. The van der Waals surface area contributed by atoms with Gasteiger partial charge in [-0.2, -0.15) is 0 Å². The number of likely N-dealkylation sites (N-methyl/N-ethyl adjacent to an activating group) is 1. The van der Waals surface area contributed by atoms with Crippen molar-refractivity contribution in [3.8, 4) is 5.75 Å². The van der Waals surface area contributed by atoms with Crippen LogP contribution >= 0.6 is 0 Å². The summed E-state index contributed by atoms with van der Waals surface area (Å²) in [5, 5.41) is 5.09. The lowest BCUT2D eigenvalue weighted by molar-refractivity contribution is -0.117. The first kappa shape index (κ1) is 12.0. The summed E-state index contributed by atoms with van der Waals surface area (Å²) in [4.78, 5) is 14.0. The van der Waals surface area contributed by atoms with Crippen LogP contribution in [0.1, 0.15) is 0 Å². The van der Waals surface area contributed by atoms with E-state index in [4.69, 9.17) is 4.74 Å². The van der Waals surface area contributed by atoms with Crippen LogP contribution in [0.15, 0.2) is 36.4 Å². The summed E-state index contributed by atoms with van der Waals surface area (Å²) in [5.41, 5.74) is 0.893. The van der Waals surface area contributed by atoms with E-state index in [9.17, 15) is 4.79 Å². The summed E-state index contributed by atoms with van der Waals surface area (Å²) in [7, 11) is 1.78. The van der Waals surface area contributed by atoms with Crippen molar-refractivity contribution in [2.24, 2.45) is 0 Å². The average molecular weight is 256 g/mol. The number of rotatable bonds is 2. The zero-order valence-corrected chi connectivity index (χ0v) is 10.8. The third-order valence-electron chi connectivity index (χ3n) is 3.34. The van der Waals surface area contributed by atoms with Crippen molar-refractivity contribution in [2.75, 3.05) is 31.6 Å². The van der Waals surface area contributed by atoms with Crippen LogP contribution in [0.5, 0.6) is 5.75 Å². The minimum atomic E-state index is 0.0726. The number of benzene rings is 2. The van der Waals surface area contributed by atoms with Crippen LogP contribution in [-0.4, -0.2) is 32.7 Å². The highest BCUT2D eigenvalue weighted by atomic mass is 16.5. The molecule has 1 N–H and O–H groups in total. The van der Waals surface area contributed by atoms with Crippen molar-refractivity contribution in [1.82, 2.24) is 5.32 Å². The van der Waals surface area contributed by atoms with Crippen LogP contribution in [0.4, 0.5) is 5.69 Å². The Morgan fingerprint density at radius 2 is 2.16 bits per heavy atom. The summed E-state index contributed by atoms with van der Waals surface area (Å²) in [6.07, 6.45) is 0. The zero-order valence-electron chi connectivity index (χ0n) is 10.8. The Labute approximate surface area is 112 Å². The van der Waals surface area contributed by atoms with E-state index in [1.165, 1.54) is 0 Å². The highest BCUT2D eigenvalue weighted by Gasteiger charge is 2.25. The van der Waals surface area contributed by atoms with Gasteiger partial charge in [0.2, 0.25) is 5.91 Å². The molecule has 1 aliphatic heterocycles. The third-order valence-corrected chi connectivity index (χ3v) is 3.34. The number of anilines is 1. The van der Waals surface area contributed by atoms with Gasteiger partial charge in [-0.25, -0.2) is 0 Å². The molecule has 0 unspecified atom stereocenters. The Bertz CT molecular complexity index is 625. The van der Waals surface area contributed by atoms with Crippen LogP contribution in [-0.2, 0) is 4.79 Å². The number of hydrogen-bond acceptors (Lipinski definition) is 3. The maximum Gasteiger partial charge on any atom is 0.241 e. The van der Waals surface area contributed by atoms with Gasteiger partial charge in [0.25, 0.3) is 0 Å². The molecule has 0 saturated heterocycles. The highest BCUT2D eigenvalue weighted by molar-refractivity contribution is 6.07. The number of ether oxygens (including phenoxy) is 1. The third kappa shape index (κ3) is 2.04. The number of amides is 1. The van der Waals surface area contributed by atoms with Gasteiger partial charge in [0.05, 0.1) is 18.8 Å². The first-order valence-electron chi connectivity index (χ1n) is 6.41. The lowest BCUT2D eigenvalue weighted by atomic mass is 10.1. The number of carbonyl (C=O) groups excluding carboxylic acids is 1. The predicted molar refractivity (Wildman–Crippen MR) is 75.7 cm³/mol. The number of hydrogen-bond donors (Lipinski definition) is 1. The van der Waals surface area contributed by atoms with Gasteiger partial charge in [-0.05, 0) is 18.5 Å². The van der Waals surface area contributed by atoms with Crippen LogP contribution in [0.25, 0.3) is 10.8 Å². The van der Waals surface area contributed by atoms with E-state index in [0.717, 1.165) is 22.2 Å². The van der Waals surface area contributed by atoms with E-state index in [0.29, 0.717) is 19.7 Å². The molecule has 1 heterocycles. The Balaban J connectivity index is 2.16. The van der Waals surface area contributed by atoms with Gasteiger partial charge < -0.3 is 15.0 Å². The van der Waals surface area contributed by atoms with Gasteiger partial charge in [0.1, 0.15) is 12.4 Å². The van der Waals surface area contributed by atoms with Crippen LogP contribution in [0.3, 0.4) is 0 Å². The van der Waals surface area contributed by atoms with E-state index in [-0.39, 0.29) is 5.91 Å². The first-order chi connectivity index (χ1) is 9.31. The van der Waals surface area contributed by atoms with Crippen molar-refractivity contribution in [2.45, 2.75) is 0 Å². The quantitative estimate of drug-likeness (QED) is 0.890. The molecule has 0 aromatic heterocycles. The molecule has 0 bridgehead atoms. The van der Waals surface area contributed by atoms with Crippen LogP contribution < -0.4 is 15.0 Å². The molecule has 0 saturated carbocycles. The molecule has 4 nitrogen and oxygen atoms in total. The van der Waals surface area contributed by atoms with Crippen molar-refractivity contribution in [3.05, 3.63) is 36.4 Å². The molecule has 19 heavy (non-hydrogen) atoms. The van der Waals surface area contributed by atoms with Gasteiger partial charge in [0, 0.05) is 5.39 Å². The molecule has 0 spiro atoms. The fourth-order valence-electron chi connectivity index (χ4n) is 2.48. The zero-order chi connectivity index (χ0) is 13.2. The largest absolute Gasteiger partial charge is 0.490 e. The van der Waals surface area contributed by atoms with Gasteiger partial charge >= 0.3 is 0 Å². The molecule has 0 fully saturated rings. The Morgan fingerprint density at radius 3 is 3.00 bits per heavy atom. The number of fused-ring (bicyclic) bond motifs is 3. The lowest BCUT2D eigenvalue weighted by Gasteiger charge is -2.30. The Kier molecular flexibility index (Phi) is 3.09. The lowest BCUT2D eigenvalue weighted by Crippen LogP contribution is -2.42. The summed E-state index contributed by atoms with van der Waals surface area (Å²) in [6.45, 7) is 1.48. The maximum absolute atomic E-state index is 12.2. The minimum Gasteiger partial charge on any atom is -0.490 e. The fraction of sp³-hybridized carbons (Fsp3) is 0.267. The van der Waals surface area contributed by atoms with Crippen molar-refractivity contribution in [1.29, 1.82) is 0 Å². The van der Waals surface area contributed by atoms with Gasteiger partial charge in [-0.15, -0.1) is 0 Å². The summed E-state index contributed by atoms with van der Waals surface area (Å²) in [6, 6.07) is 12.0. The molecule has 98 valence electrons. The SMILES string of the molecule is CNCC(=O)N1CCOc2ccc3ccccc3c21. The van der Waals surface area contributed by atoms with Crippen LogP contribution in [0.2, 0.25) is 0 Å². The molecular formula is C15H16N2O2. The van der Waals surface area contributed by atoms with Crippen molar-refractivity contribution < 1.29 is 9.53 Å². The molecule has 0 aliphatic carbocycles. The fourth-order valence-corrected chi connectivity index (χ4v) is 2.48. The number of nitrogens with zero attached hydrogens (tertiary/aromatic N) is 1. The molecule has 0 radical (unpaired) electrons. The topological polar surface area (TPSA) is 41.6 Å². The van der Waals surface area contributed by atoms with E-state index >= 15 is 0 Å².